The molecular formula is C31H41ClF2N8O2. The number of hydrogen-bond acceptors (Lipinski definition) is 6. The van der Waals surface area contributed by atoms with E-state index in [9.17, 15) is 18.4 Å². The molecule has 1 atom stereocenters. The summed E-state index contributed by atoms with van der Waals surface area (Å²) in [4.78, 5) is 33.7. The van der Waals surface area contributed by atoms with Crippen LogP contribution in [-0.4, -0.2) is 79.1 Å². The summed E-state index contributed by atoms with van der Waals surface area (Å²) in [6.07, 6.45) is 0.130. The van der Waals surface area contributed by atoms with Crippen LogP contribution in [0.2, 0.25) is 5.02 Å². The number of fused-ring (bicyclic) bond motifs is 1. The van der Waals surface area contributed by atoms with Gasteiger partial charge < -0.3 is 20.1 Å². The molecule has 10 nitrogen and oxygen atoms in total. The van der Waals surface area contributed by atoms with Crippen molar-refractivity contribution in [1.82, 2.24) is 34.9 Å². The van der Waals surface area contributed by atoms with Crippen molar-refractivity contribution in [2.75, 3.05) is 25.0 Å². The maximum Gasteiger partial charge on any atom is 0.282 e. The minimum Gasteiger partial charge on any atom is -0.361 e. The quantitative estimate of drug-likeness (QED) is 0.264. The third-order valence-electron chi connectivity index (χ3n) is 8.55. The first-order valence-electron chi connectivity index (χ1n) is 15.1. The number of rotatable bonds is 10. The number of carbonyl (C=O) groups excluding carboxylic acids is 2. The normalized spacial score (nSPS) is 18.0. The van der Waals surface area contributed by atoms with Gasteiger partial charge in [-0.2, -0.15) is 5.10 Å². The first-order chi connectivity index (χ1) is 20.8. The van der Waals surface area contributed by atoms with E-state index >= 15 is 0 Å². The van der Waals surface area contributed by atoms with Crippen LogP contribution in [-0.2, 0) is 23.3 Å². The molecular weight excluding hydrogens is 590 g/mol. The van der Waals surface area contributed by atoms with E-state index in [-0.39, 0.29) is 41.7 Å². The second-order valence-electron chi connectivity index (χ2n) is 13.0. The smallest absolute Gasteiger partial charge is 0.282 e. The zero-order valence-corrected chi connectivity index (χ0v) is 26.6. The van der Waals surface area contributed by atoms with Gasteiger partial charge in [-0.25, -0.2) is 13.8 Å². The van der Waals surface area contributed by atoms with Crippen molar-refractivity contribution in [3.63, 3.8) is 0 Å². The molecule has 2 aliphatic heterocycles. The maximum atomic E-state index is 14.5. The fourth-order valence-corrected chi connectivity index (χ4v) is 6.68. The van der Waals surface area contributed by atoms with Crippen LogP contribution in [0.1, 0.15) is 81.5 Å². The number of aromatic nitrogens is 4. The number of nitrogens with one attached hydrogen (secondary N) is 3. The maximum absolute atomic E-state index is 14.5. The van der Waals surface area contributed by atoms with E-state index in [0.717, 1.165) is 35.9 Å². The SMILES string of the molecule is C=CC(=O)N1CC(NC(=O)c2c(C(F)F)nc(CNc3n[nH]c4cc(Cl)c(C(C)(C)C)cc34)n2CC2CCCN2C(C)C)C1. The number of alkyl halides is 2. The lowest BCUT2D eigenvalue weighted by molar-refractivity contribution is -0.130. The number of likely N-dealkylation sites (tertiary alicyclic amines) is 2. The number of nitrogens with zero attached hydrogens (tertiary/aromatic N) is 5. The Labute approximate surface area is 261 Å². The highest BCUT2D eigenvalue weighted by molar-refractivity contribution is 6.32. The van der Waals surface area contributed by atoms with E-state index in [2.05, 4.69) is 71.9 Å². The Bertz CT molecular complexity index is 1550. The number of anilines is 1. The summed E-state index contributed by atoms with van der Waals surface area (Å²) in [6, 6.07) is 3.80. The summed E-state index contributed by atoms with van der Waals surface area (Å²) in [5, 5.41) is 15.0. The molecule has 1 aromatic carbocycles. The van der Waals surface area contributed by atoms with Crippen molar-refractivity contribution in [2.45, 2.75) is 90.5 Å². The highest BCUT2D eigenvalue weighted by Gasteiger charge is 2.36. The summed E-state index contributed by atoms with van der Waals surface area (Å²) in [6.45, 7) is 15.8. The van der Waals surface area contributed by atoms with E-state index in [1.807, 2.05) is 12.1 Å². The van der Waals surface area contributed by atoms with Gasteiger partial charge in [-0.05, 0) is 62.4 Å². The van der Waals surface area contributed by atoms with Crippen LogP contribution in [0, 0.1) is 0 Å². The lowest BCUT2D eigenvalue weighted by Gasteiger charge is -2.39. The molecule has 5 rings (SSSR count). The zero-order chi connectivity index (χ0) is 31.9. The first-order valence-corrected chi connectivity index (χ1v) is 15.4. The third-order valence-corrected chi connectivity index (χ3v) is 8.86. The Kier molecular flexibility index (Phi) is 9.04. The van der Waals surface area contributed by atoms with E-state index < -0.39 is 18.0 Å². The molecule has 238 valence electrons. The molecule has 2 fully saturated rings. The lowest BCUT2D eigenvalue weighted by Crippen LogP contribution is -2.60. The lowest BCUT2D eigenvalue weighted by atomic mass is 9.86. The molecule has 2 aliphatic rings. The molecule has 3 aromatic rings. The summed E-state index contributed by atoms with van der Waals surface area (Å²) >= 11 is 6.55. The number of H-pyrrole nitrogens is 1. The van der Waals surface area contributed by atoms with E-state index in [1.54, 1.807) is 4.57 Å². The summed E-state index contributed by atoms with van der Waals surface area (Å²) < 4.78 is 30.6. The number of amides is 2. The summed E-state index contributed by atoms with van der Waals surface area (Å²) in [5.74, 6) is -0.00907. The average Bonchev–Trinajstić information content (AvgIpc) is 3.65. The summed E-state index contributed by atoms with van der Waals surface area (Å²) in [7, 11) is 0. The molecule has 2 amide bonds. The van der Waals surface area contributed by atoms with Crippen molar-refractivity contribution in [2.24, 2.45) is 0 Å². The molecule has 13 heteroatoms. The van der Waals surface area contributed by atoms with Gasteiger partial charge in [-0.3, -0.25) is 19.6 Å². The van der Waals surface area contributed by atoms with E-state index in [4.69, 9.17) is 11.6 Å². The van der Waals surface area contributed by atoms with Crippen molar-refractivity contribution < 1.29 is 18.4 Å². The van der Waals surface area contributed by atoms with Crippen LogP contribution in [0.3, 0.4) is 0 Å². The molecule has 0 aliphatic carbocycles. The molecule has 0 radical (unpaired) electrons. The van der Waals surface area contributed by atoms with Crippen molar-refractivity contribution in [1.29, 1.82) is 0 Å². The van der Waals surface area contributed by atoms with E-state index in [0.29, 0.717) is 36.3 Å². The van der Waals surface area contributed by atoms with Gasteiger partial charge in [0.25, 0.3) is 12.3 Å². The molecule has 0 saturated carbocycles. The van der Waals surface area contributed by atoms with Crippen LogP contribution < -0.4 is 10.6 Å². The molecule has 0 spiro atoms. The largest absolute Gasteiger partial charge is 0.361 e. The van der Waals surface area contributed by atoms with Crippen LogP contribution >= 0.6 is 11.6 Å². The predicted molar refractivity (Wildman–Crippen MR) is 167 cm³/mol. The van der Waals surface area contributed by atoms with Gasteiger partial charge in [0.2, 0.25) is 5.91 Å². The van der Waals surface area contributed by atoms with Gasteiger partial charge in [0.15, 0.2) is 5.82 Å². The number of benzene rings is 1. The molecule has 4 heterocycles. The number of aromatic amines is 1. The van der Waals surface area contributed by atoms with Crippen LogP contribution in [0.4, 0.5) is 14.6 Å². The third kappa shape index (κ3) is 6.32. The minimum atomic E-state index is -2.96. The van der Waals surface area contributed by atoms with E-state index in [1.165, 1.54) is 11.0 Å². The highest BCUT2D eigenvalue weighted by atomic mass is 35.5. The monoisotopic (exact) mass is 630 g/mol. The number of imidazole rings is 1. The first kappa shape index (κ1) is 31.9. The Morgan fingerprint density at radius 3 is 2.61 bits per heavy atom. The number of halogens is 3. The Hall–Kier alpha value is -3.51. The Balaban J connectivity index is 1.47. The molecule has 2 saturated heterocycles. The molecule has 1 unspecified atom stereocenters. The van der Waals surface area contributed by atoms with Gasteiger partial charge in [0, 0.05) is 42.1 Å². The number of hydrogen-bond donors (Lipinski definition) is 3. The zero-order valence-electron chi connectivity index (χ0n) is 25.9. The second kappa shape index (κ2) is 12.5. The topological polar surface area (TPSA) is 111 Å². The highest BCUT2D eigenvalue weighted by Crippen LogP contribution is 2.35. The number of carbonyl (C=O) groups is 2. The fourth-order valence-electron chi connectivity index (χ4n) is 6.23. The van der Waals surface area contributed by atoms with Crippen molar-refractivity contribution >= 4 is 40.1 Å². The van der Waals surface area contributed by atoms with Gasteiger partial charge in [-0.15, -0.1) is 0 Å². The standard InChI is InChI=1S/C31H41ClF2N8O2/c1-7-25(43)40-14-18(15-40)36-30(44)27-26(28(33)34)37-24(42(27)16-19-9-8-10-41(19)17(2)3)13-35-29-20-11-21(31(4,5)6)22(32)12-23(20)38-39-29/h7,11-12,17-19,28H,1,8-10,13-16H2,2-6H3,(H,36,44)(H2,35,38,39). The van der Waals surface area contributed by atoms with Gasteiger partial charge in [0.1, 0.15) is 17.2 Å². The second-order valence-corrected chi connectivity index (χ2v) is 13.4. The van der Waals surface area contributed by atoms with Crippen molar-refractivity contribution in [3.05, 3.63) is 52.6 Å². The van der Waals surface area contributed by atoms with Gasteiger partial charge >= 0.3 is 0 Å². The Morgan fingerprint density at radius 2 is 1.98 bits per heavy atom. The van der Waals surface area contributed by atoms with Crippen LogP contribution in [0.15, 0.2) is 24.8 Å². The van der Waals surface area contributed by atoms with Crippen LogP contribution in [0.5, 0.6) is 0 Å². The van der Waals surface area contributed by atoms with Gasteiger partial charge in [-0.1, -0.05) is 39.0 Å². The molecule has 3 N–H and O–H groups in total. The fraction of sp³-hybridized carbons (Fsp3) is 0.548. The summed E-state index contributed by atoms with van der Waals surface area (Å²) in [5.41, 5.74) is 0.793. The minimum absolute atomic E-state index is 0.0622. The average molecular weight is 631 g/mol. The van der Waals surface area contributed by atoms with Crippen molar-refractivity contribution in [3.8, 4) is 0 Å². The Morgan fingerprint density at radius 1 is 1.25 bits per heavy atom. The van der Waals surface area contributed by atoms with Gasteiger partial charge in [0.05, 0.1) is 18.1 Å². The van der Waals surface area contributed by atoms with Crippen LogP contribution in [0.25, 0.3) is 10.9 Å². The molecule has 0 bridgehead atoms. The molecule has 44 heavy (non-hydrogen) atoms. The molecule has 2 aromatic heterocycles. The predicted octanol–water partition coefficient (Wildman–Crippen LogP) is 5.26.